The summed E-state index contributed by atoms with van der Waals surface area (Å²) in [5.41, 5.74) is 0. The van der Waals surface area contributed by atoms with E-state index in [1.165, 1.54) is 19.3 Å². The molecule has 0 bridgehead atoms. The maximum atomic E-state index is 9.17. The van der Waals surface area contributed by atoms with Gasteiger partial charge in [-0.05, 0) is 32.4 Å². The Morgan fingerprint density at radius 3 is 3.07 bits per heavy atom. The summed E-state index contributed by atoms with van der Waals surface area (Å²) in [7, 11) is 0. The summed E-state index contributed by atoms with van der Waals surface area (Å²) in [6, 6.07) is 0.244. The number of nitrogens with one attached hydrogen (secondary N) is 1. The van der Waals surface area contributed by atoms with Crippen LogP contribution in [0.2, 0.25) is 0 Å². The van der Waals surface area contributed by atoms with Gasteiger partial charge in [0, 0.05) is 25.7 Å². The molecule has 0 spiro atoms. The van der Waals surface area contributed by atoms with Crippen molar-refractivity contribution in [1.82, 2.24) is 10.2 Å². The topological polar surface area (TPSA) is 44.7 Å². The highest BCUT2D eigenvalue weighted by atomic mass is 16.5. The first-order chi connectivity index (χ1) is 7.38. The predicted octanol–water partition coefficient (Wildman–Crippen LogP) is -0.178. The molecule has 0 amide bonds. The van der Waals surface area contributed by atoms with Gasteiger partial charge in [0.05, 0.1) is 12.7 Å². The summed E-state index contributed by atoms with van der Waals surface area (Å²) in [5, 5.41) is 12.5. The van der Waals surface area contributed by atoms with Gasteiger partial charge in [-0.3, -0.25) is 4.90 Å². The zero-order chi connectivity index (χ0) is 10.5. The fourth-order valence-corrected chi connectivity index (χ4v) is 2.44. The van der Waals surface area contributed by atoms with Crippen LogP contribution in [-0.2, 0) is 4.74 Å². The summed E-state index contributed by atoms with van der Waals surface area (Å²) in [5.74, 6) is 0. The van der Waals surface area contributed by atoms with Gasteiger partial charge in [0.25, 0.3) is 0 Å². The Morgan fingerprint density at radius 1 is 1.40 bits per heavy atom. The lowest BCUT2D eigenvalue weighted by molar-refractivity contribution is 0.0699. The van der Waals surface area contributed by atoms with E-state index in [0.29, 0.717) is 6.10 Å². The van der Waals surface area contributed by atoms with Crippen LogP contribution in [0.3, 0.4) is 0 Å². The monoisotopic (exact) mass is 214 g/mol. The Hall–Kier alpha value is -0.160. The van der Waals surface area contributed by atoms with Gasteiger partial charge >= 0.3 is 0 Å². The molecule has 2 saturated heterocycles. The second kappa shape index (κ2) is 5.80. The summed E-state index contributed by atoms with van der Waals surface area (Å²) in [6.45, 7) is 5.31. The van der Waals surface area contributed by atoms with Crippen molar-refractivity contribution in [3.05, 3.63) is 0 Å². The molecule has 88 valence electrons. The van der Waals surface area contributed by atoms with Gasteiger partial charge in [-0.1, -0.05) is 0 Å². The van der Waals surface area contributed by atoms with E-state index >= 15 is 0 Å². The Bertz CT molecular complexity index is 183. The highest BCUT2D eigenvalue weighted by Crippen LogP contribution is 2.14. The van der Waals surface area contributed by atoms with E-state index in [2.05, 4.69) is 10.2 Å². The molecule has 2 unspecified atom stereocenters. The van der Waals surface area contributed by atoms with Crippen LogP contribution in [0, 0.1) is 0 Å². The molecule has 0 radical (unpaired) electrons. The second-order valence-electron chi connectivity index (χ2n) is 4.58. The summed E-state index contributed by atoms with van der Waals surface area (Å²) < 4.78 is 5.64. The van der Waals surface area contributed by atoms with Crippen LogP contribution < -0.4 is 5.32 Å². The SMILES string of the molecule is OCC1CN(CC2CCCO2)CCCN1. The molecule has 15 heavy (non-hydrogen) atoms. The number of aliphatic hydroxyl groups is 1. The molecule has 0 aromatic heterocycles. The summed E-state index contributed by atoms with van der Waals surface area (Å²) in [4.78, 5) is 2.43. The van der Waals surface area contributed by atoms with Gasteiger partial charge in [0.2, 0.25) is 0 Å². The highest BCUT2D eigenvalue weighted by molar-refractivity contribution is 4.78. The molecule has 2 aliphatic rings. The molecular formula is C11H22N2O2. The average molecular weight is 214 g/mol. The fraction of sp³-hybridized carbons (Fsp3) is 1.00. The molecule has 2 rings (SSSR count). The largest absolute Gasteiger partial charge is 0.395 e. The van der Waals surface area contributed by atoms with Gasteiger partial charge in [0.1, 0.15) is 0 Å². The van der Waals surface area contributed by atoms with Gasteiger partial charge in [-0.15, -0.1) is 0 Å². The van der Waals surface area contributed by atoms with E-state index in [1.807, 2.05) is 0 Å². The van der Waals surface area contributed by atoms with Crippen molar-refractivity contribution < 1.29 is 9.84 Å². The van der Waals surface area contributed by atoms with Crippen molar-refractivity contribution in [3.8, 4) is 0 Å². The number of aliphatic hydroxyl groups excluding tert-OH is 1. The average Bonchev–Trinajstić information content (AvgIpc) is 2.64. The van der Waals surface area contributed by atoms with Crippen LogP contribution in [0.5, 0.6) is 0 Å². The van der Waals surface area contributed by atoms with Crippen molar-refractivity contribution in [2.24, 2.45) is 0 Å². The van der Waals surface area contributed by atoms with Crippen molar-refractivity contribution in [2.45, 2.75) is 31.4 Å². The fourth-order valence-electron chi connectivity index (χ4n) is 2.44. The van der Waals surface area contributed by atoms with E-state index in [4.69, 9.17) is 4.74 Å². The molecule has 0 aliphatic carbocycles. The summed E-state index contributed by atoms with van der Waals surface area (Å²) >= 11 is 0. The smallest absolute Gasteiger partial charge is 0.0702 e. The van der Waals surface area contributed by atoms with Crippen LogP contribution in [-0.4, -0.2) is 61.5 Å². The molecule has 2 aliphatic heterocycles. The van der Waals surface area contributed by atoms with Crippen LogP contribution in [0.4, 0.5) is 0 Å². The third kappa shape index (κ3) is 3.41. The molecule has 4 nitrogen and oxygen atoms in total. The molecule has 2 N–H and O–H groups in total. The van der Waals surface area contributed by atoms with E-state index in [9.17, 15) is 5.11 Å². The van der Waals surface area contributed by atoms with Crippen molar-refractivity contribution >= 4 is 0 Å². The minimum atomic E-state index is 0.238. The standard InChI is InChI=1S/C11H22N2O2/c14-9-10-7-13(5-2-4-12-10)8-11-3-1-6-15-11/h10-12,14H,1-9H2. The van der Waals surface area contributed by atoms with E-state index in [-0.39, 0.29) is 12.6 Å². The van der Waals surface area contributed by atoms with Crippen molar-refractivity contribution in [3.63, 3.8) is 0 Å². The number of ether oxygens (including phenoxy) is 1. The van der Waals surface area contributed by atoms with E-state index in [1.54, 1.807) is 0 Å². The van der Waals surface area contributed by atoms with Gasteiger partial charge < -0.3 is 15.2 Å². The lowest BCUT2D eigenvalue weighted by Crippen LogP contribution is -2.42. The quantitative estimate of drug-likeness (QED) is 0.684. The van der Waals surface area contributed by atoms with E-state index in [0.717, 1.165) is 32.8 Å². The molecule has 2 atom stereocenters. The number of nitrogens with zero attached hydrogens (tertiary/aromatic N) is 1. The second-order valence-corrected chi connectivity index (χ2v) is 4.58. The summed E-state index contributed by atoms with van der Waals surface area (Å²) in [6.07, 6.45) is 4.01. The Kier molecular flexibility index (Phi) is 4.38. The van der Waals surface area contributed by atoms with Gasteiger partial charge in [-0.25, -0.2) is 0 Å². The maximum absolute atomic E-state index is 9.17. The zero-order valence-corrected chi connectivity index (χ0v) is 9.32. The van der Waals surface area contributed by atoms with Gasteiger partial charge in [0.15, 0.2) is 0 Å². The minimum Gasteiger partial charge on any atom is -0.395 e. The predicted molar refractivity (Wildman–Crippen MR) is 58.9 cm³/mol. The molecule has 0 aromatic rings. The lowest BCUT2D eigenvalue weighted by atomic mass is 10.2. The first kappa shape index (κ1) is 11.3. The Balaban J connectivity index is 1.78. The molecular weight excluding hydrogens is 192 g/mol. The first-order valence-electron chi connectivity index (χ1n) is 6.06. The third-order valence-electron chi connectivity index (χ3n) is 3.27. The molecule has 2 heterocycles. The van der Waals surface area contributed by atoms with Gasteiger partial charge in [-0.2, -0.15) is 0 Å². The first-order valence-corrected chi connectivity index (χ1v) is 6.06. The minimum absolute atomic E-state index is 0.238. The molecule has 0 saturated carbocycles. The van der Waals surface area contributed by atoms with Crippen LogP contribution >= 0.6 is 0 Å². The zero-order valence-electron chi connectivity index (χ0n) is 9.32. The third-order valence-corrected chi connectivity index (χ3v) is 3.27. The van der Waals surface area contributed by atoms with Crippen molar-refractivity contribution in [1.29, 1.82) is 0 Å². The van der Waals surface area contributed by atoms with Crippen LogP contribution in [0.1, 0.15) is 19.3 Å². The number of hydrogen-bond donors (Lipinski definition) is 2. The normalized spacial score (nSPS) is 34.2. The molecule has 0 aromatic carbocycles. The lowest BCUT2D eigenvalue weighted by Gasteiger charge is -2.25. The van der Waals surface area contributed by atoms with Crippen LogP contribution in [0.15, 0.2) is 0 Å². The Morgan fingerprint density at radius 2 is 2.33 bits per heavy atom. The van der Waals surface area contributed by atoms with E-state index < -0.39 is 0 Å². The maximum Gasteiger partial charge on any atom is 0.0702 e. The molecule has 4 heteroatoms. The Labute approximate surface area is 91.6 Å². The van der Waals surface area contributed by atoms with Crippen molar-refractivity contribution in [2.75, 3.05) is 39.4 Å². The van der Waals surface area contributed by atoms with Crippen LogP contribution in [0.25, 0.3) is 0 Å². The number of hydrogen-bond acceptors (Lipinski definition) is 4. The number of rotatable bonds is 3. The highest BCUT2D eigenvalue weighted by Gasteiger charge is 2.22. The molecule has 2 fully saturated rings.